The first-order chi connectivity index (χ1) is 6.51. The summed E-state index contributed by atoms with van der Waals surface area (Å²) in [6.45, 7) is 1.45. The lowest BCUT2D eigenvalue weighted by Crippen LogP contribution is -2.27. The third-order valence-electron chi connectivity index (χ3n) is 2.60. The lowest BCUT2D eigenvalue weighted by atomic mass is 10.1. The number of nitrogens with zero attached hydrogens (tertiary/aromatic N) is 1. The maximum absolute atomic E-state index is 11.5. The number of aliphatic carboxylic acids is 1. The van der Waals surface area contributed by atoms with Crippen LogP contribution in [0.1, 0.15) is 26.2 Å². The van der Waals surface area contributed by atoms with Crippen LogP contribution in [0.15, 0.2) is 0 Å². The standard InChI is InChI=1S/C9H13NO3S/c1-7(8(11)12)14(13)6-9(2-3-9)4-5-10/h7H,2-4,6H2,1H3,(H,11,12). The molecule has 4 nitrogen and oxygen atoms in total. The van der Waals surface area contributed by atoms with E-state index in [1.165, 1.54) is 6.92 Å². The minimum atomic E-state index is -1.35. The van der Waals surface area contributed by atoms with Crippen LogP contribution in [0, 0.1) is 16.7 Å². The van der Waals surface area contributed by atoms with Gasteiger partial charge >= 0.3 is 5.97 Å². The first kappa shape index (κ1) is 11.2. The molecule has 14 heavy (non-hydrogen) atoms. The van der Waals surface area contributed by atoms with Crippen LogP contribution in [0.5, 0.6) is 0 Å². The molecule has 1 aliphatic rings. The lowest BCUT2D eigenvalue weighted by Gasteiger charge is -2.12. The van der Waals surface area contributed by atoms with Crippen LogP contribution in [0.3, 0.4) is 0 Å². The Labute approximate surface area is 85.4 Å². The Bertz CT molecular complexity index is 304. The van der Waals surface area contributed by atoms with Crippen molar-refractivity contribution in [2.75, 3.05) is 5.75 Å². The molecular weight excluding hydrogens is 202 g/mol. The van der Waals surface area contributed by atoms with E-state index in [9.17, 15) is 9.00 Å². The molecule has 1 fully saturated rings. The van der Waals surface area contributed by atoms with Gasteiger partial charge in [-0.3, -0.25) is 9.00 Å². The minimum Gasteiger partial charge on any atom is -0.480 e. The summed E-state index contributed by atoms with van der Waals surface area (Å²) in [6.07, 6.45) is 2.20. The molecule has 0 spiro atoms. The van der Waals surface area contributed by atoms with E-state index >= 15 is 0 Å². The molecule has 0 aromatic heterocycles. The lowest BCUT2D eigenvalue weighted by molar-refractivity contribution is -0.136. The Hall–Kier alpha value is -0.890. The molecule has 78 valence electrons. The third kappa shape index (κ3) is 2.55. The van der Waals surface area contributed by atoms with Crippen LogP contribution in [0.4, 0.5) is 0 Å². The molecule has 0 radical (unpaired) electrons. The van der Waals surface area contributed by atoms with Crippen molar-refractivity contribution in [1.82, 2.24) is 0 Å². The van der Waals surface area contributed by atoms with E-state index in [2.05, 4.69) is 6.07 Å². The summed E-state index contributed by atoms with van der Waals surface area (Å²) in [7, 11) is -1.35. The van der Waals surface area contributed by atoms with Crippen molar-refractivity contribution in [3.05, 3.63) is 0 Å². The molecule has 1 saturated carbocycles. The highest BCUT2D eigenvalue weighted by Gasteiger charge is 2.44. The van der Waals surface area contributed by atoms with E-state index in [1.807, 2.05) is 0 Å². The Kier molecular flexibility index (Phi) is 3.27. The predicted octanol–water partition coefficient (Wildman–Crippen LogP) is 0.902. The summed E-state index contributed by atoms with van der Waals surface area (Å²) in [5.41, 5.74) is -0.136. The molecule has 0 aliphatic heterocycles. The molecule has 2 unspecified atom stereocenters. The third-order valence-corrected chi connectivity index (χ3v) is 4.49. The van der Waals surface area contributed by atoms with E-state index in [-0.39, 0.29) is 5.41 Å². The second-order valence-electron chi connectivity index (χ2n) is 3.84. The molecule has 0 aromatic carbocycles. The summed E-state index contributed by atoms with van der Waals surface area (Å²) in [5, 5.41) is 16.4. The Morgan fingerprint density at radius 1 is 1.71 bits per heavy atom. The monoisotopic (exact) mass is 215 g/mol. The van der Waals surface area contributed by atoms with Crippen LogP contribution >= 0.6 is 0 Å². The number of rotatable bonds is 5. The van der Waals surface area contributed by atoms with E-state index in [1.54, 1.807) is 0 Å². The van der Waals surface area contributed by atoms with Crippen LogP contribution < -0.4 is 0 Å². The van der Waals surface area contributed by atoms with Crippen molar-refractivity contribution in [3.8, 4) is 6.07 Å². The smallest absolute Gasteiger partial charge is 0.318 e. The Balaban J connectivity index is 2.49. The summed E-state index contributed by atoms with van der Waals surface area (Å²) in [6, 6.07) is 2.06. The number of hydrogen-bond acceptors (Lipinski definition) is 3. The van der Waals surface area contributed by atoms with Crippen LogP contribution in [0.2, 0.25) is 0 Å². The van der Waals surface area contributed by atoms with Crippen LogP contribution in [0.25, 0.3) is 0 Å². The first-order valence-electron chi connectivity index (χ1n) is 4.48. The van der Waals surface area contributed by atoms with Crippen LogP contribution in [-0.4, -0.2) is 26.3 Å². The van der Waals surface area contributed by atoms with Crippen molar-refractivity contribution in [1.29, 1.82) is 5.26 Å². The maximum Gasteiger partial charge on any atom is 0.318 e. The van der Waals surface area contributed by atoms with Gasteiger partial charge in [0, 0.05) is 23.0 Å². The normalized spacial score (nSPS) is 22.0. The quantitative estimate of drug-likeness (QED) is 0.739. The molecular formula is C9H13NO3S. The molecule has 0 bridgehead atoms. The zero-order valence-electron chi connectivity index (χ0n) is 8.02. The molecule has 5 heteroatoms. The number of carbonyl (C=O) groups is 1. The number of nitriles is 1. The highest BCUT2D eigenvalue weighted by Crippen LogP contribution is 2.49. The molecule has 2 atom stereocenters. The second-order valence-corrected chi connectivity index (χ2v) is 5.60. The fraction of sp³-hybridized carbons (Fsp3) is 0.778. The summed E-state index contributed by atoms with van der Waals surface area (Å²) in [5.74, 6) is -0.676. The zero-order chi connectivity index (χ0) is 10.8. The van der Waals surface area contributed by atoms with Crippen molar-refractivity contribution in [2.45, 2.75) is 31.4 Å². The van der Waals surface area contributed by atoms with Gasteiger partial charge in [-0.15, -0.1) is 0 Å². The largest absolute Gasteiger partial charge is 0.480 e. The maximum atomic E-state index is 11.5. The second kappa shape index (κ2) is 4.09. The highest BCUT2D eigenvalue weighted by atomic mass is 32.2. The first-order valence-corrected chi connectivity index (χ1v) is 5.86. The van der Waals surface area contributed by atoms with Gasteiger partial charge in [0.2, 0.25) is 0 Å². The van der Waals surface area contributed by atoms with Crippen molar-refractivity contribution in [3.63, 3.8) is 0 Å². The molecule has 1 N–H and O–H groups in total. The van der Waals surface area contributed by atoms with Crippen molar-refractivity contribution >= 4 is 16.8 Å². The number of carboxylic acid groups (broad SMARTS) is 1. The van der Waals surface area contributed by atoms with Crippen molar-refractivity contribution in [2.24, 2.45) is 5.41 Å². The van der Waals surface area contributed by atoms with Gasteiger partial charge in [0.25, 0.3) is 0 Å². The summed E-state index contributed by atoms with van der Waals surface area (Å²) >= 11 is 0. The van der Waals surface area contributed by atoms with E-state index in [0.29, 0.717) is 12.2 Å². The molecule has 0 aromatic rings. The van der Waals surface area contributed by atoms with Gasteiger partial charge in [0.15, 0.2) is 0 Å². The molecule has 1 aliphatic carbocycles. The highest BCUT2D eigenvalue weighted by molar-refractivity contribution is 7.86. The molecule has 1 rings (SSSR count). The van der Waals surface area contributed by atoms with E-state index < -0.39 is 22.0 Å². The zero-order valence-corrected chi connectivity index (χ0v) is 8.84. The number of hydrogen-bond donors (Lipinski definition) is 1. The average molecular weight is 215 g/mol. The van der Waals surface area contributed by atoms with Gasteiger partial charge < -0.3 is 5.11 Å². The van der Waals surface area contributed by atoms with E-state index in [0.717, 1.165) is 12.8 Å². The van der Waals surface area contributed by atoms with Gasteiger partial charge in [-0.1, -0.05) is 0 Å². The Morgan fingerprint density at radius 3 is 2.64 bits per heavy atom. The van der Waals surface area contributed by atoms with Crippen molar-refractivity contribution < 1.29 is 14.1 Å². The van der Waals surface area contributed by atoms with Gasteiger partial charge in [-0.25, -0.2) is 0 Å². The Morgan fingerprint density at radius 2 is 2.29 bits per heavy atom. The summed E-state index contributed by atoms with van der Waals surface area (Å²) < 4.78 is 11.5. The molecule has 0 amide bonds. The summed E-state index contributed by atoms with van der Waals surface area (Å²) in [4.78, 5) is 10.5. The van der Waals surface area contributed by atoms with Gasteiger partial charge in [0.05, 0.1) is 6.07 Å². The van der Waals surface area contributed by atoms with Gasteiger partial charge in [-0.2, -0.15) is 5.26 Å². The predicted molar refractivity (Wildman–Crippen MR) is 52.0 cm³/mol. The molecule has 0 heterocycles. The average Bonchev–Trinajstić information content (AvgIpc) is 2.84. The van der Waals surface area contributed by atoms with E-state index in [4.69, 9.17) is 10.4 Å². The fourth-order valence-corrected chi connectivity index (χ4v) is 2.73. The van der Waals surface area contributed by atoms with Gasteiger partial charge in [0.1, 0.15) is 5.25 Å². The minimum absolute atomic E-state index is 0.136. The van der Waals surface area contributed by atoms with Crippen LogP contribution in [-0.2, 0) is 15.6 Å². The topological polar surface area (TPSA) is 78.2 Å². The fourth-order valence-electron chi connectivity index (χ4n) is 1.26. The SMILES string of the molecule is CC(C(=O)O)S(=O)CC1(CC#N)CC1. The van der Waals surface area contributed by atoms with Gasteiger partial charge in [-0.05, 0) is 25.2 Å². The molecule has 0 saturated heterocycles. The number of carboxylic acids is 1.